The fraction of sp³-hybridized carbons (Fsp3) is 0.0870. The lowest BCUT2D eigenvalue weighted by Gasteiger charge is -2.15. The topological polar surface area (TPSA) is 113 Å². The van der Waals surface area contributed by atoms with Gasteiger partial charge in [-0.2, -0.15) is 0 Å². The number of para-hydroxylation sites is 1. The molecule has 3 amide bonds. The molecule has 0 saturated heterocycles. The van der Waals surface area contributed by atoms with Crippen LogP contribution in [0.15, 0.2) is 72.2 Å². The summed E-state index contributed by atoms with van der Waals surface area (Å²) in [6.07, 6.45) is 1.65. The van der Waals surface area contributed by atoms with Gasteiger partial charge in [-0.25, -0.2) is 4.98 Å². The van der Waals surface area contributed by atoms with E-state index in [2.05, 4.69) is 26.1 Å². The fourth-order valence-corrected chi connectivity index (χ4v) is 3.67. The number of carbonyl (C=O) groups is 3. The molecule has 0 radical (unpaired) electrons. The van der Waals surface area contributed by atoms with Crippen molar-refractivity contribution in [1.82, 2.24) is 26.1 Å². The Morgan fingerprint density at radius 1 is 0.906 bits per heavy atom. The maximum absolute atomic E-state index is 12.9. The third-order valence-electron chi connectivity index (χ3n) is 4.67. The summed E-state index contributed by atoms with van der Waals surface area (Å²) in [7, 11) is 0. The molecule has 0 aliphatic carbocycles. The molecule has 0 aliphatic rings. The molecule has 0 saturated carbocycles. The van der Waals surface area contributed by atoms with Crippen molar-refractivity contribution in [3.05, 3.63) is 82.7 Å². The average Bonchev–Trinajstić information content (AvgIpc) is 3.37. The number of nitrogens with zero attached hydrogens (tertiary/aromatic N) is 2. The highest BCUT2D eigenvalue weighted by Gasteiger charge is 2.19. The van der Waals surface area contributed by atoms with Crippen LogP contribution in [-0.4, -0.2) is 33.7 Å². The average molecular weight is 446 g/mol. The Labute approximate surface area is 187 Å². The minimum atomic E-state index is -0.844. The quantitative estimate of drug-likeness (QED) is 0.409. The molecule has 160 valence electrons. The van der Waals surface area contributed by atoms with E-state index in [4.69, 9.17) is 0 Å². The fourth-order valence-electron chi connectivity index (χ4n) is 3.04. The van der Waals surface area contributed by atoms with Gasteiger partial charge in [-0.1, -0.05) is 30.3 Å². The minimum Gasteiger partial charge on any atom is -0.340 e. The Bertz CT molecular complexity index is 1280. The van der Waals surface area contributed by atoms with Crippen molar-refractivity contribution in [2.45, 2.75) is 13.0 Å². The summed E-state index contributed by atoms with van der Waals surface area (Å²) in [6, 6.07) is 16.9. The molecule has 9 heteroatoms. The molecule has 4 aromatic rings. The highest BCUT2D eigenvalue weighted by molar-refractivity contribution is 7.12. The molecule has 3 aromatic heterocycles. The summed E-state index contributed by atoms with van der Waals surface area (Å²) in [5, 5.41) is 5.01. The normalized spacial score (nSPS) is 11.5. The number of amides is 3. The van der Waals surface area contributed by atoms with Gasteiger partial charge in [0.25, 0.3) is 17.7 Å². The van der Waals surface area contributed by atoms with Gasteiger partial charge in [0.15, 0.2) is 0 Å². The van der Waals surface area contributed by atoms with Crippen LogP contribution in [0, 0.1) is 0 Å². The van der Waals surface area contributed by atoms with Crippen molar-refractivity contribution in [2.75, 3.05) is 0 Å². The number of hydrazine groups is 1. The summed E-state index contributed by atoms with van der Waals surface area (Å²) >= 11 is 1.28. The van der Waals surface area contributed by atoms with Crippen LogP contribution in [-0.2, 0) is 4.79 Å². The Hall–Kier alpha value is -4.11. The number of thiophene rings is 1. The summed E-state index contributed by atoms with van der Waals surface area (Å²) < 4.78 is 0. The number of hydrogen-bond donors (Lipinski definition) is 3. The first-order valence-electron chi connectivity index (χ1n) is 9.78. The Balaban J connectivity index is 1.50. The number of rotatable bonds is 5. The molecular formula is C23H19N5O3S. The lowest BCUT2D eigenvalue weighted by molar-refractivity contribution is -0.123. The molecule has 1 aromatic carbocycles. The van der Waals surface area contributed by atoms with Crippen molar-refractivity contribution in [1.29, 1.82) is 0 Å². The molecule has 32 heavy (non-hydrogen) atoms. The Morgan fingerprint density at radius 3 is 2.47 bits per heavy atom. The van der Waals surface area contributed by atoms with Crippen molar-refractivity contribution in [3.8, 4) is 11.4 Å². The second-order valence-electron chi connectivity index (χ2n) is 6.90. The van der Waals surface area contributed by atoms with Crippen molar-refractivity contribution >= 4 is 40.0 Å². The Kier molecular flexibility index (Phi) is 6.18. The van der Waals surface area contributed by atoms with Crippen LogP contribution in [0.5, 0.6) is 0 Å². The van der Waals surface area contributed by atoms with E-state index in [9.17, 15) is 14.4 Å². The SMILES string of the molecule is CC(NC(=O)c1cccs1)C(=O)NNC(=O)c1cc(-c2ccccn2)nc2ccccc12. The molecular weight excluding hydrogens is 426 g/mol. The smallest absolute Gasteiger partial charge is 0.270 e. The van der Waals surface area contributed by atoms with E-state index >= 15 is 0 Å². The number of carbonyl (C=O) groups excluding carboxylic acids is 3. The van der Waals surface area contributed by atoms with Gasteiger partial charge in [0.05, 0.1) is 27.3 Å². The summed E-state index contributed by atoms with van der Waals surface area (Å²) in [5.74, 6) is -1.41. The predicted molar refractivity (Wildman–Crippen MR) is 122 cm³/mol. The number of pyridine rings is 2. The predicted octanol–water partition coefficient (Wildman–Crippen LogP) is 2.94. The van der Waals surface area contributed by atoms with Gasteiger partial charge in [0.2, 0.25) is 0 Å². The zero-order valence-corrected chi connectivity index (χ0v) is 17.8. The molecule has 0 aliphatic heterocycles. The second kappa shape index (κ2) is 9.36. The van der Waals surface area contributed by atoms with Crippen LogP contribution in [0.2, 0.25) is 0 Å². The number of fused-ring (bicyclic) bond motifs is 1. The maximum atomic E-state index is 12.9. The van der Waals surface area contributed by atoms with Crippen LogP contribution in [0.4, 0.5) is 0 Å². The molecule has 1 atom stereocenters. The molecule has 0 bridgehead atoms. The van der Waals surface area contributed by atoms with Crippen molar-refractivity contribution < 1.29 is 14.4 Å². The van der Waals surface area contributed by atoms with E-state index in [-0.39, 0.29) is 5.91 Å². The van der Waals surface area contributed by atoms with E-state index in [0.29, 0.717) is 32.7 Å². The number of nitrogens with one attached hydrogen (secondary N) is 3. The lowest BCUT2D eigenvalue weighted by atomic mass is 10.1. The van der Waals surface area contributed by atoms with Gasteiger partial charge >= 0.3 is 0 Å². The first kappa shape index (κ1) is 21.1. The molecule has 0 fully saturated rings. The van der Waals surface area contributed by atoms with Gasteiger partial charge in [0.1, 0.15) is 6.04 Å². The lowest BCUT2D eigenvalue weighted by Crippen LogP contribution is -2.51. The van der Waals surface area contributed by atoms with E-state index in [1.807, 2.05) is 18.2 Å². The first-order valence-corrected chi connectivity index (χ1v) is 10.7. The number of benzene rings is 1. The van der Waals surface area contributed by atoms with Crippen LogP contribution >= 0.6 is 11.3 Å². The van der Waals surface area contributed by atoms with Crippen molar-refractivity contribution in [3.63, 3.8) is 0 Å². The highest BCUT2D eigenvalue weighted by atomic mass is 32.1. The Morgan fingerprint density at radius 2 is 1.72 bits per heavy atom. The van der Waals surface area contributed by atoms with Crippen LogP contribution < -0.4 is 16.2 Å². The maximum Gasteiger partial charge on any atom is 0.270 e. The molecule has 1 unspecified atom stereocenters. The third kappa shape index (κ3) is 4.62. The zero-order valence-electron chi connectivity index (χ0n) is 17.0. The van der Waals surface area contributed by atoms with Crippen LogP contribution in [0.3, 0.4) is 0 Å². The largest absolute Gasteiger partial charge is 0.340 e. The summed E-state index contributed by atoms with van der Waals surface area (Å²) in [6.45, 7) is 1.54. The molecule has 8 nitrogen and oxygen atoms in total. The molecule has 0 spiro atoms. The second-order valence-corrected chi connectivity index (χ2v) is 7.85. The molecule has 4 rings (SSSR count). The van der Waals surface area contributed by atoms with E-state index in [1.165, 1.54) is 18.3 Å². The minimum absolute atomic E-state index is 0.340. The van der Waals surface area contributed by atoms with Gasteiger partial charge in [-0.05, 0) is 42.6 Å². The highest BCUT2D eigenvalue weighted by Crippen LogP contribution is 2.23. The summed E-state index contributed by atoms with van der Waals surface area (Å²) in [4.78, 5) is 46.8. The van der Waals surface area contributed by atoms with Crippen molar-refractivity contribution in [2.24, 2.45) is 0 Å². The van der Waals surface area contributed by atoms with Gasteiger partial charge in [0, 0.05) is 11.6 Å². The zero-order chi connectivity index (χ0) is 22.5. The van der Waals surface area contributed by atoms with E-state index in [0.717, 1.165) is 0 Å². The van der Waals surface area contributed by atoms with Gasteiger partial charge in [-0.15, -0.1) is 11.3 Å². The van der Waals surface area contributed by atoms with Crippen LogP contribution in [0.25, 0.3) is 22.3 Å². The number of hydrogen-bond acceptors (Lipinski definition) is 6. The van der Waals surface area contributed by atoms with Crippen LogP contribution in [0.1, 0.15) is 27.0 Å². The number of aromatic nitrogens is 2. The monoisotopic (exact) mass is 445 g/mol. The summed E-state index contributed by atoms with van der Waals surface area (Å²) in [5.41, 5.74) is 6.93. The molecule has 3 heterocycles. The standard InChI is InChI=1S/C23H19N5O3S/c1-14(25-23(31)20-10-6-12-32-20)21(29)27-28-22(30)16-13-19(18-9-4-5-11-24-18)26-17-8-3-2-7-15(16)17/h2-14H,1H3,(H,25,31)(H,27,29)(H,28,30). The third-order valence-corrected chi connectivity index (χ3v) is 5.54. The molecule has 3 N–H and O–H groups in total. The first-order chi connectivity index (χ1) is 15.5. The van der Waals surface area contributed by atoms with E-state index in [1.54, 1.807) is 54.0 Å². The van der Waals surface area contributed by atoms with Gasteiger partial charge < -0.3 is 5.32 Å². The van der Waals surface area contributed by atoms with E-state index < -0.39 is 17.9 Å². The van der Waals surface area contributed by atoms with Gasteiger partial charge in [-0.3, -0.25) is 30.2 Å².